The van der Waals surface area contributed by atoms with Crippen LogP contribution in [0.15, 0.2) is 127 Å². The lowest BCUT2D eigenvalue weighted by Crippen LogP contribution is -1.83. The van der Waals surface area contributed by atoms with Gasteiger partial charge in [-0.1, -0.05) is 48.5 Å². The Morgan fingerprint density at radius 1 is 0.256 bits per heavy atom. The first-order chi connectivity index (χ1) is 19.2. The highest BCUT2D eigenvalue weighted by molar-refractivity contribution is 6.14. The van der Waals surface area contributed by atoms with Crippen molar-refractivity contribution in [2.45, 2.75) is 0 Å². The van der Waals surface area contributed by atoms with Gasteiger partial charge in [0.1, 0.15) is 5.75 Å². The summed E-state index contributed by atoms with van der Waals surface area (Å²) in [5.41, 5.74) is 0. The number of fused-ring (bicyclic) bond motifs is 8. The van der Waals surface area contributed by atoms with Gasteiger partial charge in [0.15, 0.2) is 0 Å². The van der Waals surface area contributed by atoms with Gasteiger partial charge in [-0.3, -0.25) is 0 Å². The molecule has 9 aromatic carbocycles. The SMILES string of the molecule is Oc1c2ccccc2cc2cc3cc4cc5cc6cc7cc8ccccc8cc7cc6cc5cc4cc3cc12. The minimum Gasteiger partial charge on any atom is -0.507 e. The fourth-order valence-electron chi connectivity index (χ4n) is 6.49. The molecule has 0 heterocycles. The van der Waals surface area contributed by atoms with Gasteiger partial charge in [-0.15, -0.1) is 0 Å². The van der Waals surface area contributed by atoms with Crippen molar-refractivity contribution < 1.29 is 5.11 Å². The number of hydrogen-bond acceptors (Lipinski definition) is 1. The van der Waals surface area contributed by atoms with Gasteiger partial charge in [0.25, 0.3) is 0 Å². The largest absolute Gasteiger partial charge is 0.507 e. The molecule has 0 bridgehead atoms. The summed E-state index contributed by atoms with van der Waals surface area (Å²) in [6, 6.07) is 46.2. The first-order valence-corrected chi connectivity index (χ1v) is 13.4. The molecule has 1 heteroatoms. The molecule has 0 saturated heterocycles. The Kier molecular flexibility index (Phi) is 3.99. The van der Waals surface area contributed by atoms with Crippen LogP contribution in [-0.2, 0) is 0 Å². The number of benzene rings is 9. The van der Waals surface area contributed by atoms with Gasteiger partial charge in [0, 0.05) is 10.8 Å². The van der Waals surface area contributed by atoms with E-state index in [0.29, 0.717) is 5.75 Å². The average molecular weight is 495 g/mol. The highest BCUT2D eigenvalue weighted by Gasteiger charge is 2.10. The molecule has 39 heavy (non-hydrogen) atoms. The molecule has 0 radical (unpaired) electrons. The van der Waals surface area contributed by atoms with Crippen LogP contribution in [0.25, 0.3) is 86.2 Å². The zero-order chi connectivity index (χ0) is 25.7. The minimum atomic E-state index is 0.357. The van der Waals surface area contributed by atoms with Crippen LogP contribution < -0.4 is 0 Å². The first-order valence-electron chi connectivity index (χ1n) is 13.4. The predicted molar refractivity (Wildman–Crippen MR) is 168 cm³/mol. The van der Waals surface area contributed by atoms with Gasteiger partial charge in [-0.05, 0) is 154 Å². The van der Waals surface area contributed by atoms with Crippen LogP contribution in [-0.4, -0.2) is 5.11 Å². The molecule has 0 spiro atoms. The number of hydrogen-bond donors (Lipinski definition) is 1. The zero-order valence-corrected chi connectivity index (χ0v) is 21.1. The maximum absolute atomic E-state index is 11.1. The summed E-state index contributed by atoms with van der Waals surface area (Å²) in [4.78, 5) is 0. The topological polar surface area (TPSA) is 20.2 Å². The highest BCUT2D eigenvalue weighted by Crippen LogP contribution is 2.38. The van der Waals surface area contributed by atoms with Gasteiger partial charge in [-0.2, -0.15) is 0 Å². The van der Waals surface area contributed by atoms with Crippen molar-refractivity contribution in [2.24, 2.45) is 0 Å². The number of phenolic OH excluding ortho intramolecular Hbond substituents is 1. The predicted octanol–water partition coefficient (Wildman–Crippen LogP) is 10.6. The van der Waals surface area contributed by atoms with Crippen molar-refractivity contribution in [3.05, 3.63) is 127 Å². The summed E-state index contributed by atoms with van der Waals surface area (Å²) in [5.74, 6) is 0.357. The maximum Gasteiger partial charge on any atom is 0.131 e. The number of rotatable bonds is 0. The second-order valence-electron chi connectivity index (χ2n) is 10.9. The zero-order valence-electron chi connectivity index (χ0n) is 21.1. The van der Waals surface area contributed by atoms with Gasteiger partial charge >= 0.3 is 0 Å². The molecule has 0 fully saturated rings. The first kappa shape index (κ1) is 20.9. The molecule has 0 aliphatic rings. The molecule has 0 aliphatic carbocycles. The molecule has 1 nitrogen and oxygen atoms in total. The van der Waals surface area contributed by atoms with Crippen LogP contribution in [0.3, 0.4) is 0 Å². The van der Waals surface area contributed by atoms with Gasteiger partial charge in [0.2, 0.25) is 0 Å². The van der Waals surface area contributed by atoms with Crippen molar-refractivity contribution in [2.75, 3.05) is 0 Å². The molecule has 0 atom stereocenters. The van der Waals surface area contributed by atoms with Crippen molar-refractivity contribution in [1.82, 2.24) is 0 Å². The molecular formula is C38H22O. The average Bonchev–Trinajstić information content (AvgIpc) is 2.95. The molecule has 9 rings (SSSR count). The highest BCUT2D eigenvalue weighted by atomic mass is 16.3. The van der Waals surface area contributed by atoms with Crippen molar-refractivity contribution in [3.63, 3.8) is 0 Å². The Labute approximate surface area is 224 Å². The minimum absolute atomic E-state index is 0.357. The van der Waals surface area contributed by atoms with Crippen LogP contribution in [0.1, 0.15) is 0 Å². The van der Waals surface area contributed by atoms with Crippen LogP contribution in [0.2, 0.25) is 0 Å². The quantitative estimate of drug-likeness (QED) is 0.208. The summed E-state index contributed by atoms with van der Waals surface area (Å²) in [6.45, 7) is 0. The second kappa shape index (κ2) is 7.46. The Balaban J connectivity index is 1.29. The maximum atomic E-state index is 11.1. The van der Waals surface area contributed by atoms with Crippen LogP contribution in [0, 0.1) is 0 Å². The van der Waals surface area contributed by atoms with E-state index >= 15 is 0 Å². The smallest absolute Gasteiger partial charge is 0.131 e. The van der Waals surface area contributed by atoms with E-state index in [9.17, 15) is 5.11 Å². The second-order valence-corrected chi connectivity index (χ2v) is 10.9. The monoisotopic (exact) mass is 494 g/mol. The van der Waals surface area contributed by atoms with E-state index in [2.05, 4.69) is 109 Å². The summed E-state index contributed by atoms with van der Waals surface area (Å²) < 4.78 is 0. The number of phenols is 1. The van der Waals surface area contributed by atoms with Crippen LogP contribution in [0.4, 0.5) is 0 Å². The fraction of sp³-hybridized carbons (Fsp3) is 0. The van der Waals surface area contributed by atoms with Gasteiger partial charge in [0.05, 0.1) is 0 Å². The summed E-state index contributed by atoms with van der Waals surface area (Å²) >= 11 is 0. The third-order valence-electron chi connectivity index (χ3n) is 8.48. The Bertz CT molecular complexity index is 2500. The van der Waals surface area contributed by atoms with E-state index in [4.69, 9.17) is 0 Å². The third-order valence-corrected chi connectivity index (χ3v) is 8.48. The van der Waals surface area contributed by atoms with E-state index in [1.807, 2.05) is 18.2 Å². The molecule has 0 saturated carbocycles. The van der Waals surface area contributed by atoms with Crippen molar-refractivity contribution in [3.8, 4) is 5.75 Å². The van der Waals surface area contributed by atoms with Crippen molar-refractivity contribution in [1.29, 1.82) is 0 Å². The molecular weight excluding hydrogens is 472 g/mol. The molecule has 0 amide bonds. The lowest BCUT2D eigenvalue weighted by atomic mass is 9.94. The van der Waals surface area contributed by atoms with E-state index in [-0.39, 0.29) is 0 Å². The van der Waals surface area contributed by atoms with Crippen LogP contribution >= 0.6 is 0 Å². The van der Waals surface area contributed by atoms with Crippen molar-refractivity contribution >= 4 is 86.2 Å². The van der Waals surface area contributed by atoms with E-state index in [1.165, 1.54) is 59.2 Å². The fourth-order valence-corrected chi connectivity index (χ4v) is 6.49. The molecule has 0 unspecified atom stereocenters. The van der Waals surface area contributed by atoms with E-state index in [0.717, 1.165) is 26.9 Å². The van der Waals surface area contributed by atoms with Gasteiger partial charge in [-0.25, -0.2) is 0 Å². The van der Waals surface area contributed by atoms with E-state index < -0.39 is 0 Å². The van der Waals surface area contributed by atoms with Crippen LogP contribution in [0.5, 0.6) is 5.75 Å². The summed E-state index contributed by atoms with van der Waals surface area (Å²) in [5, 5.41) is 29.8. The number of aromatic hydroxyl groups is 1. The normalized spacial score (nSPS) is 12.2. The standard InChI is InChI=1S/C38H22O/c39-38-36-8-4-3-7-24(36)11-35-20-33-18-31-16-29-14-27-12-25-9-22-5-1-2-6-23(22)10-26(25)13-28(27)15-30(29)17-32(31)19-34(33)21-37(35)38/h1-21,39H. The molecule has 0 aromatic heterocycles. The third kappa shape index (κ3) is 3.08. The molecule has 0 aliphatic heterocycles. The molecule has 180 valence electrons. The molecule has 1 N–H and O–H groups in total. The lowest BCUT2D eigenvalue weighted by Gasteiger charge is -2.11. The Hall–Kier alpha value is -5.14. The van der Waals surface area contributed by atoms with Gasteiger partial charge < -0.3 is 5.11 Å². The van der Waals surface area contributed by atoms with E-state index in [1.54, 1.807) is 0 Å². The summed E-state index contributed by atoms with van der Waals surface area (Å²) in [7, 11) is 0. The lowest BCUT2D eigenvalue weighted by molar-refractivity contribution is 0.488. The summed E-state index contributed by atoms with van der Waals surface area (Å²) in [6.07, 6.45) is 0. The Morgan fingerprint density at radius 2 is 0.564 bits per heavy atom. The Morgan fingerprint density at radius 3 is 1.03 bits per heavy atom. The molecule has 9 aromatic rings.